The Morgan fingerprint density at radius 2 is 1.37 bits per heavy atom. The van der Waals surface area contributed by atoms with Crippen LogP contribution in [0.5, 0.6) is 0 Å². The van der Waals surface area contributed by atoms with Crippen LogP contribution in [0.4, 0.5) is 11.4 Å². The summed E-state index contributed by atoms with van der Waals surface area (Å²) in [4.78, 5) is 47.4. The summed E-state index contributed by atoms with van der Waals surface area (Å²) in [5, 5.41) is 18.3. The number of carbonyl (C=O) groups excluding carboxylic acids is 3. The Kier molecular flexibility index (Phi) is 9.62. The third-order valence-electron chi connectivity index (χ3n) is 10.8. The van der Waals surface area contributed by atoms with Crippen molar-refractivity contribution in [2.24, 2.45) is 0 Å². The molecule has 9 heteroatoms. The van der Waals surface area contributed by atoms with Crippen molar-refractivity contribution in [2.45, 2.75) is 75.6 Å². The third kappa shape index (κ3) is 7.24. The fourth-order valence-electron chi connectivity index (χ4n) is 8.06. The maximum absolute atomic E-state index is 13.5. The van der Waals surface area contributed by atoms with E-state index in [1.54, 1.807) is 4.90 Å². The number of hydrogen-bond donors (Lipinski definition) is 4. The van der Waals surface area contributed by atoms with Gasteiger partial charge in [-0.2, -0.15) is 0 Å². The maximum atomic E-state index is 13.5. The fourth-order valence-corrected chi connectivity index (χ4v) is 8.06. The second-order valence-electron chi connectivity index (χ2n) is 14.5. The highest BCUT2D eigenvalue weighted by molar-refractivity contribution is 6.01. The fraction of sp³-hybridized carbons (Fsp3) is 0.326. The van der Waals surface area contributed by atoms with Crippen molar-refractivity contribution >= 4 is 40.0 Å². The normalized spacial score (nSPS) is 19.5. The van der Waals surface area contributed by atoms with E-state index >= 15 is 0 Å². The molecule has 266 valence electrons. The van der Waals surface area contributed by atoms with Crippen molar-refractivity contribution < 1.29 is 19.5 Å². The summed E-state index contributed by atoms with van der Waals surface area (Å²) in [6.45, 7) is 1.28. The molecule has 2 saturated heterocycles. The average Bonchev–Trinajstić information content (AvgIpc) is 3.52. The number of nitrogens with one attached hydrogen (secondary N) is 3. The molecule has 1 aliphatic carbocycles. The summed E-state index contributed by atoms with van der Waals surface area (Å²) in [7, 11) is 0. The van der Waals surface area contributed by atoms with Crippen LogP contribution in [0.25, 0.3) is 22.2 Å². The van der Waals surface area contributed by atoms with E-state index in [1.807, 2.05) is 102 Å². The van der Waals surface area contributed by atoms with Crippen molar-refractivity contribution in [3.8, 4) is 11.3 Å². The number of nitrogens with zero attached hydrogens (tertiary/aromatic N) is 2. The van der Waals surface area contributed by atoms with Gasteiger partial charge in [-0.3, -0.25) is 19.3 Å². The zero-order chi connectivity index (χ0) is 35.6. The van der Waals surface area contributed by atoms with Gasteiger partial charge in [0.1, 0.15) is 12.3 Å². The molecule has 1 saturated carbocycles. The lowest BCUT2D eigenvalue weighted by atomic mass is 10.0. The van der Waals surface area contributed by atoms with Crippen molar-refractivity contribution in [1.82, 2.24) is 14.8 Å². The molecule has 2 aliphatic heterocycles. The monoisotopic (exact) mass is 695 g/mol. The van der Waals surface area contributed by atoms with E-state index in [1.165, 1.54) is 5.56 Å². The molecule has 3 atom stereocenters. The predicted octanol–water partition coefficient (Wildman–Crippen LogP) is 6.85. The van der Waals surface area contributed by atoms with Crippen LogP contribution in [-0.4, -0.2) is 69.0 Å². The quantitative estimate of drug-likeness (QED) is 0.121. The van der Waals surface area contributed by atoms with E-state index in [4.69, 9.17) is 0 Å². The molecular weight excluding hydrogens is 651 g/mol. The van der Waals surface area contributed by atoms with Crippen LogP contribution in [0.3, 0.4) is 0 Å². The third-order valence-corrected chi connectivity index (χ3v) is 10.8. The molecule has 8 rings (SSSR count). The topological polar surface area (TPSA) is 118 Å². The Bertz CT molecular complexity index is 2060. The number of fused-ring (bicyclic) bond motifs is 1. The number of hydrogen-bond acceptors (Lipinski definition) is 5. The number of anilines is 2. The highest BCUT2D eigenvalue weighted by atomic mass is 16.3. The Labute approximate surface area is 304 Å². The van der Waals surface area contributed by atoms with Crippen LogP contribution in [0, 0.1) is 0 Å². The number of aromatic amines is 1. The van der Waals surface area contributed by atoms with Crippen molar-refractivity contribution in [2.75, 3.05) is 23.7 Å². The predicted molar refractivity (Wildman–Crippen MR) is 204 cm³/mol. The number of aliphatic hydroxyl groups excluding tert-OH is 1. The van der Waals surface area contributed by atoms with Crippen LogP contribution >= 0.6 is 0 Å². The van der Waals surface area contributed by atoms with Gasteiger partial charge in [-0.05, 0) is 97.0 Å². The molecule has 3 amide bonds. The molecular formula is C43H45N5O4. The first-order chi connectivity index (χ1) is 25.4. The van der Waals surface area contributed by atoms with Crippen molar-refractivity contribution in [3.05, 3.63) is 120 Å². The van der Waals surface area contributed by atoms with Crippen molar-refractivity contribution in [3.63, 3.8) is 0 Å². The lowest BCUT2D eigenvalue weighted by Crippen LogP contribution is -2.46. The Hall–Kier alpha value is -5.25. The second-order valence-corrected chi connectivity index (χ2v) is 14.5. The number of aromatic nitrogens is 1. The van der Waals surface area contributed by atoms with Gasteiger partial charge in [-0.15, -0.1) is 0 Å². The molecule has 3 heterocycles. The van der Waals surface area contributed by atoms with Gasteiger partial charge in [0.05, 0.1) is 12.5 Å². The molecule has 52 heavy (non-hydrogen) atoms. The SMILES string of the molecule is O=C(Nc1ccc2[nH]c(-c3ccc(NC(=O)[C@@H]4CCCN4C(O)Cc4ccccc4)cc3)c(C3CC3)c2c1)[C@@H]1CCCN1C(=O)Cc1ccccc1. The molecule has 3 aliphatic rings. The number of carbonyl (C=O) groups is 3. The lowest BCUT2D eigenvalue weighted by molar-refractivity contribution is -0.136. The van der Waals surface area contributed by atoms with Crippen LogP contribution < -0.4 is 10.6 Å². The number of likely N-dealkylation sites (tertiary alicyclic amines) is 2. The van der Waals surface area contributed by atoms with Gasteiger partial charge in [0.25, 0.3) is 0 Å². The molecule has 0 spiro atoms. The zero-order valence-corrected chi connectivity index (χ0v) is 29.3. The van der Waals surface area contributed by atoms with Gasteiger partial charge < -0.3 is 25.6 Å². The number of H-pyrrole nitrogens is 1. The minimum Gasteiger partial charge on any atom is -0.378 e. The average molecular weight is 696 g/mol. The molecule has 3 fully saturated rings. The minimum atomic E-state index is -0.716. The Morgan fingerprint density at radius 3 is 2.10 bits per heavy atom. The van der Waals surface area contributed by atoms with Gasteiger partial charge in [-0.25, -0.2) is 0 Å². The molecule has 1 unspecified atom stereocenters. The highest BCUT2D eigenvalue weighted by Gasteiger charge is 2.36. The van der Waals surface area contributed by atoms with Crippen LogP contribution in [-0.2, 0) is 27.2 Å². The molecule has 0 bridgehead atoms. The second kappa shape index (κ2) is 14.8. The largest absolute Gasteiger partial charge is 0.378 e. The Morgan fingerprint density at radius 1 is 0.731 bits per heavy atom. The van der Waals surface area contributed by atoms with E-state index in [0.717, 1.165) is 70.3 Å². The summed E-state index contributed by atoms with van der Waals surface area (Å²) in [6, 6.07) is 32.6. The summed E-state index contributed by atoms with van der Waals surface area (Å²) in [5.74, 6) is 0.170. The molecule has 9 nitrogen and oxygen atoms in total. The summed E-state index contributed by atoms with van der Waals surface area (Å²) >= 11 is 0. The van der Waals surface area contributed by atoms with E-state index in [0.29, 0.717) is 44.7 Å². The summed E-state index contributed by atoms with van der Waals surface area (Å²) in [5.41, 5.74) is 7.77. The Balaban J connectivity index is 0.946. The van der Waals surface area contributed by atoms with Gasteiger partial charge in [0, 0.05) is 47.5 Å². The standard InChI is InChI=1S/C43H45N5O4/c49-38(25-28-9-3-1-4-10-28)47-23-7-13-36(47)42(51)44-32-19-17-31(18-20-32)41-40(30-15-16-30)34-27-33(21-22-35(34)46-41)45-43(52)37-14-8-24-48(37)39(50)26-29-11-5-2-6-12-29/h1-6,9-12,17-22,27,30,36-38,46,49H,7-8,13-16,23-26H2,(H,44,51)(H,45,52)/t36-,37-,38?/m0/s1. The van der Waals surface area contributed by atoms with E-state index in [-0.39, 0.29) is 23.8 Å². The van der Waals surface area contributed by atoms with Crippen LogP contribution in [0.1, 0.15) is 61.1 Å². The number of benzene rings is 4. The summed E-state index contributed by atoms with van der Waals surface area (Å²) < 4.78 is 0. The van der Waals surface area contributed by atoms with Gasteiger partial charge in [0.15, 0.2) is 0 Å². The van der Waals surface area contributed by atoms with E-state index < -0.39 is 12.3 Å². The first-order valence-corrected chi connectivity index (χ1v) is 18.6. The molecule has 4 N–H and O–H groups in total. The molecule has 5 aromatic rings. The first-order valence-electron chi connectivity index (χ1n) is 18.6. The van der Waals surface area contributed by atoms with Crippen molar-refractivity contribution in [1.29, 1.82) is 0 Å². The number of rotatable bonds is 11. The molecule has 1 aromatic heterocycles. The first kappa shape index (κ1) is 33.9. The zero-order valence-electron chi connectivity index (χ0n) is 29.3. The number of aliphatic hydroxyl groups is 1. The van der Waals surface area contributed by atoms with Crippen LogP contribution in [0.15, 0.2) is 103 Å². The molecule has 4 aromatic carbocycles. The van der Waals surface area contributed by atoms with Gasteiger partial charge >= 0.3 is 0 Å². The minimum absolute atomic E-state index is 0.0191. The van der Waals surface area contributed by atoms with E-state index in [2.05, 4.69) is 21.7 Å². The highest BCUT2D eigenvalue weighted by Crippen LogP contribution is 2.48. The van der Waals surface area contributed by atoms with Gasteiger partial charge in [-0.1, -0.05) is 72.8 Å². The molecule has 0 radical (unpaired) electrons. The van der Waals surface area contributed by atoms with E-state index in [9.17, 15) is 19.5 Å². The van der Waals surface area contributed by atoms with Gasteiger partial charge in [0.2, 0.25) is 17.7 Å². The summed E-state index contributed by atoms with van der Waals surface area (Å²) in [6.07, 6.45) is 5.32. The smallest absolute Gasteiger partial charge is 0.247 e. The van der Waals surface area contributed by atoms with Crippen LogP contribution in [0.2, 0.25) is 0 Å². The maximum Gasteiger partial charge on any atom is 0.247 e. The number of amides is 3. The lowest BCUT2D eigenvalue weighted by Gasteiger charge is -2.28.